The van der Waals surface area contributed by atoms with Gasteiger partial charge in [0.05, 0.1) is 0 Å². The summed E-state index contributed by atoms with van der Waals surface area (Å²) >= 11 is 5.99. The quantitative estimate of drug-likeness (QED) is 0.484. The van der Waals surface area contributed by atoms with Crippen molar-refractivity contribution in [2.24, 2.45) is 0 Å². The van der Waals surface area contributed by atoms with E-state index in [4.69, 9.17) is 16.0 Å². The number of halogens is 1. The number of phenols is 1. The van der Waals surface area contributed by atoms with Gasteiger partial charge in [0.25, 0.3) is 0 Å². The van der Waals surface area contributed by atoms with Gasteiger partial charge in [-0.15, -0.1) is 0 Å². The fourth-order valence-corrected chi connectivity index (χ4v) is 2.98. The van der Waals surface area contributed by atoms with Gasteiger partial charge >= 0.3 is 0 Å². The second kappa shape index (κ2) is 6.11. The summed E-state index contributed by atoms with van der Waals surface area (Å²) in [4.78, 5) is 13.0. The number of hydrogen-bond donors (Lipinski definition) is 1. The third-order valence-corrected chi connectivity index (χ3v) is 4.32. The maximum atomic E-state index is 13.0. The number of ketones is 1. The van der Waals surface area contributed by atoms with E-state index >= 15 is 0 Å². The first kappa shape index (κ1) is 15.5. The van der Waals surface area contributed by atoms with Crippen LogP contribution in [0.4, 0.5) is 0 Å². The zero-order valence-corrected chi connectivity index (χ0v) is 13.8. The van der Waals surface area contributed by atoms with Gasteiger partial charge in [-0.1, -0.05) is 41.9 Å². The van der Waals surface area contributed by atoms with Crippen molar-refractivity contribution in [2.45, 2.75) is 0 Å². The summed E-state index contributed by atoms with van der Waals surface area (Å²) in [5, 5.41) is 10.9. The second-order valence-corrected chi connectivity index (χ2v) is 6.12. The van der Waals surface area contributed by atoms with Gasteiger partial charge in [-0.3, -0.25) is 4.79 Å². The van der Waals surface area contributed by atoms with E-state index in [1.807, 2.05) is 36.4 Å². The molecule has 3 nitrogen and oxygen atoms in total. The highest BCUT2D eigenvalue weighted by atomic mass is 35.5. The minimum atomic E-state index is -0.235. The van der Waals surface area contributed by atoms with Crippen LogP contribution in [0.3, 0.4) is 0 Å². The van der Waals surface area contributed by atoms with Gasteiger partial charge in [0, 0.05) is 21.5 Å². The summed E-state index contributed by atoms with van der Waals surface area (Å²) in [6.07, 6.45) is 0. The third kappa shape index (κ3) is 2.79. The van der Waals surface area contributed by atoms with Crippen molar-refractivity contribution in [2.75, 3.05) is 0 Å². The van der Waals surface area contributed by atoms with E-state index in [9.17, 15) is 9.90 Å². The Labute approximate surface area is 149 Å². The van der Waals surface area contributed by atoms with E-state index in [1.54, 1.807) is 24.3 Å². The van der Waals surface area contributed by atoms with Crippen LogP contribution < -0.4 is 0 Å². The van der Waals surface area contributed by atoms with Gasteiger partial charge in [-0.05, 0) is 48.0 Å². The summed E-state index contributed by atoms with van der Waals surface area (Å²) in [5.74, 6) is 0.148. The molecule has 0 aliphatic rings. The van der Waals surface area contributed by atoms with Crippen LogP contribution >= 0.6 is 11.6 Å². The van der Waals surface area contributed by atoms with Crippen molar-refractivity contribution in [3.63, 3.8) is 0 Å². The molecule has 0 bridgehead atoms. The first-order valence-corrected chi connectivity index (χ1v) is 8.12. The number of fused-ring (bicyclic) bond motifs is 1. The second-order valence-electron chi connectivity index (χ2n) is 5.69. The standard InChI is InChI=1S/C21H13ClO3/c22-15-9-5-13(6-10-15)19-17-3-1-2-4-18(17)25-21(19)20(24)14-7-11-16(23)12-8-14/h1-12,23H. The van der Waals surface area contributed by atoms with Crippen LogP contribution in [0.2, 0.25) is 5.02 Å². The molecule has 4 heteroatoms. The molecule has 0 aliphatic heterocycles. The highest BCUT2D eigenvalue weighted by Crippen LogP contribution is 2.36. The van der Waals surface area contributed by atoms with E-state index in [-0.39, 0.29) is 17.3 Å². The summed E-state index contributed by atoms with van der Waals surface area (Å²) in [6, 6.07) is 21.0. The fourth-order valence-electron chi connectivity index (χ4n) is 2.85. The molecule has 3 aromatic carbocycles. The minimum absolute atomic E-state index is 0.110. The van der Waals surface area contributed by atoms with Gasteiger partial charge in [0.15, 0.2) is 5.76 Å². The average molecular weight is 349 g/mol. The Morgan fingerprint density at radius 1 is 0.880 bits per heavy atom. The van der Waals surface area contributed by atoms with Crippen molar-refractivity contribution in [3.05, 3.63) is 89.1 Å². The lowest BCUT2D eigenvalue weighted by atomic mass is 9.98. The van der Waals surface area contributed by atoms with Crippen LogP contribution in [-0.4, -0.2) is 10.9 Å². The molecular formula is C21H13ClO3. The number of benzene rings is 3. The molecule has 4 aromatic rings. The highest BCUT2D eigenvalue weighted by Gasteiger charge is 2.22. The van der Waals surface area contributed by atoms with E-state index < -0.39 is 0 Å². The summed E-state index contributed by atoms with van der Waals surface area (Å²) in [6.45, 7) is 0. The molecule has 4 rings (SSSR count). The maximum absolute atomic E-state index is 13.0. The molecule has 0 atom stereocenters. The van der Waals surface area contributed by atoms with Gasteiger partial charge in [-0.25, -0.2) is 0 Å². The number of aromatic hydroxyl groups is 1. The number of carbonyl (C=O) groups is 1. The summed E-state index contributed by atoms with van der Waals surface area (Å²) < 4.78 is 5.89. The van der Waals surface area contributed by atoms with Crippen molar-refractivity contribution in [3.8, 4) is 16.9 Å². The molecule has 0 saturated heterocycles. The van der Waals surface area contributed by atoms with Gasteiger partial charge in [0.1, 0.15) is 11.3 Å². The number of para-hydroxylation sites is 1. The Kier molecular flexibility index (Phi) is 3.79. The van der Waals surface area contributed by atoms with Crippen LogP contribution in [0.1, 0.15) is 16.1 Å². The Balaban J connectivity index is 1.94. The molecule has 25 heavy (non-hydrogen) atoms. The molecule has 0 spiro atoms. The number of phenolic OH excluding ortho intramolecular Hbond substituents is 1. The van der Waals surface area contributed by atoms with Crippen LogP contribution in [0.15, 0.2) is 77.2 Å². The number of hydrogen-bond acceptors (Lipinski definition) is 3. The van der Waals surface area contributed by atoms with Crippen molar-refractivity contribution in [1.82, 2.24) is 0 Å². The van der Waals surface area contributed by atoms with Crippen molar-refractivity contribution < 1.29 is 14.3 Å². The molecule has 1 heterocycles. The topological polar surface area (TPSA) is 50.4 Å². The van der Waals surface area contributed by atoms with Crippen molar-refractivity contribution in [1.29, 1.82) is 0 Å². The van der Waals surface area contributed by atoms with Crippen LogP contribution in [0, 0.1) is 0 Å². The lowest BCUT2D eigenvalue weighted by molar-refractivity contribution is 0.101. The van der Waals surface area contributed by atoms with Crippen LogP contribution in [0.5, 0.6) is 5.75 Å². The summed E-state index contributed by atoms with van der Waals surface area (Å²) in [5.41, 5.74) is 2.70. The Hall–Kier alpha value is -3.04. The Morgan fingerprint density at radius 3 is 2.28 bits per heavy atom. The molecule has 122 valence electrons. The normalized spacial score (nSPS) is 10.9. The number of rotatable bonds is 3. The lowest BCUT2D eigenvalue weighted by Gasteiger charge is -2.04. The van der Waals surface area contributed by atoms with Crippen LogP contribution in [0.25, 0.3) is 22.1 Å². The zero-order chi connectivity index (χ0) is 17.4. The maximum Gasteiger partial charge on any atom is 0.228 e. The molecule has 0 aliphatic carbocycles. The average Bonchev–Trinajstić information content (AvgIpc) is 3.02. The summed E-state index contributed by atoms with van der Waals surface area (Å²) in [7, 11) is 0. The molecule has 0 amide bonds. The lowest BCUT2D eigenvalue weighted by Crippen LogP contribution is -2.01. The van der Waals surface area contributed by atoms with E-state index in [0.717, 1.165) is 16.5 Å². The molecule has 0 saturated carbocycles. The predicted octanol–water partition coefficient (Wildman–Crippen LogP) is 5.69. The first-order valence-electron chi connectivity index (χ1n) is 7.75. The monoisotopic (exact) mass is 348 g/mol. The van der Waals surface area contributed by atoms with E-state index in [0.29, 0.717) is 16.2 Å². The van der Waals surface area contributed by atoms with Crippen LogP contribution in [-0.2, 0) is 0 Å². The van der Waals surface area contributed by atoms with Gasteiger partial charge in [0.2, 0.25) is 5.78 Å². The number of furan rings is 1. The van der Waals surface area contributed by atoms with Gasteiger partial charge in [-0.2, -0.15) is 0 Å². The van der Waals surface area contributed by atoms with Crippen molar-refractivity contribution >= 4 is 28.4 Å². The predicted molar refractivity (Wildman–Crippen MR) is 98.2 cm³/mol. The molecule has 0 unspecified atom stereocenters. The van der Waals surface area contributed by atoms with E-state index in [1.165, 1.54) is 12.1 Å². The molecule has 1 aromatic heterocycles. The first-order chi connectivity index (χ1) is 12.1. The highest BCUT2D eigenvalue weighted by molar-refractivity contribution is 6.30. The molecule has 0 radical (unpaired) electrons. The zero-order valence-electron chi connectivity index (χ0n) is 13.1. The van der Waals surface area contributed by atoms with E-state index in [2.05, 4.69) is 0 Å². The Morgan fingerprint density at radius 2 is 1.56 bits per heavy atom. The fraction of sp³-hybridized carbons (Fsp3) is 0. The molecule has 0 fully saturated rings. The Bertz CT molecular complexity index is 1060. The smallest absolute Gasteiger partial charge is 0.228 e. The molecular weight excluding hydrogens is 336 g/mol. The third-order valence-electron chi connectivity index (χ3n) is 4.06. The van der Waals surface area contributed by atoms with Gasteiger partial charge < -0.3 is 9.52 Å². The largest absolute Gasteiger partial charge is 0.508 e. The minimum Gasteiger partial charge on any atom is -0.508 e. The molecule has 1 N–H and O–H groups in total. The number of carbonyl (C=O) groups excluding carboxylic acids is 1. The SMILES string of the molecule is O=C(c1ccc(O)cc1)c1oc2ccccc2c1-c1ccc(Cl)cc1.